The normalized spacial score (nSPS) is 19.8. The minimum absolute atomic E-state index is 0.282. The summed E-state index contributed by atoms with van der Waals surface area (Å²) in [6.45, 7) is 16.0. The molecule has 2 aromatic rings. The molecule has 2 atom stereocenters. The Morgan fingerprint density at radius 2 is 1.84 bits per heavy atom. The number of halogens is 1. The molecule has 0 heterocycles. The van der Waals surface area contributed by atoms with Gasteiger partial charge in [0.1, 0.15) is 0 Å². The second-order valence-electron chi connectivity index (χ2n) is 10.8. The number of aryl methyl sites for hydroxylation is 1. The van der Waals surface area contributed by atoms with Crippen molar-refractivity contribution in [2.45, 2.75) is 71.6 Å². The van der Waals surface area contributed by atoms with Crippen LogP contribution in [0.5, 0.6) is 0 Å². The van der Waals surface area contributed by atoms with E-state index in [0.717, 1.165) is 17.9 Å². The molecule has 32 heavy (non-hydrogen) atoms. The number of rotatable bonds is 8. The topological polar surface area (TPSA) is 0 Å². The van der Waals surface area contributed by atoms with E-state index in [0.29, 0.717) is 17.3 Å². The van der Waals surface area contributed by atoms with Gasteiger partial charge in [-0.05, 0) is 101 Å². The molecule has 0 aliphatic heterocycles. The van der Waals surface area contributed by atoms with E-state index in [1.54, 1.807) is 0 Å². The first-order valence-electron chi connectivity index (χ1n) is 12.1. The van der Waals surface area contributed by atoms with Gasteiger partial charge in [-0.1, -0.05) is 88.4 Å². The lowest BCUT2D eigenvalue weighted by molar-refractivity contribution is 0.643. The maximum atomic E-state index is 6.50. The zero-order valence-electron chi connectivity index (χ0n) is 20.3. The van der Waals surface area contributed by atoms with Gasteiger partial charge >= 0.3 is 0 Å². The van der Waals surface area contributed by atoms with Crippen LogP contribution in [-0.2, 0) is 18.3 Å². The molecule has 0 amide bonds. The van der Waals surface area contributed by atoms with E-state index in [4.69, 9.17) is 11.6 Å². The van der Waals surface area contributed by atoms with Crippen molar-refractivity contribution in [1.82, 2.24) is 0 Å². The van der Waals surface area contributed by atoms with E-state index in [9.17, 15) is 0 Å². The summed E-state index contributed by atoms with van der Waals surface area (Å²) in [7, 11) is 0. The molecular formula is C31H37Cl. The maximum Gasteiger partial charge on any atom is 0.0412 e. The van der Waals surface area contributed by atoms with E-state index < -0.39 is 0 Å². The Hall–Kier alpha value is -2.05. The fourth-order valence-corrected chi connectivity index (χ4v) is 5.09. The molecule has 0 saturated heterocycles. The molecule has 2 unspecified atom stereocenters. The maximum absolute atomic E-state index is 6.50. The minimum atomic E-state index is 0.282. The molecule has 2 aliphatic carbocycles. The molecule has 1 fully saturated rings. The quantitative estimate of drug-likeness (QED) is 0.381. The van der Waals surface area contributed by atoms with Crippen molar-refractivity contribution in [3.63, 3.8) is 0 Å². The summed E-state index contributed by atoms with van der Waals surface area (Å²) in [4.78, 5) is 0. The third kappa shape index (κ3) is 5.12. The average Bonchev–Trinajstić information content (AvgIpc) is 3.30. The lowest BCUT2D eigenvalue weighted by atomic mass is 9.87. The minimum Gasteiger partial charge on any atom is -0.0950 e. The summed E-state index contributed by atoms with van der Waals surface area (Å²) in [5.41, 5.74) is 9.79. The molecular weight excluding hydrogens is 408 g/mol. The van der Waals surface area contributed by atoms with Crippen molar-refractivity contribution in [2.75, 3.05) is 0 Å². The van der Waals surface area contributed by atoms with Gasteiger partial charge in [-0.2, -0.15) is 0 Å². The molecule has 0 radical (unpaired) electrons. The highest BCUT2D eigenvalue weighted by Crippen LogP contribution is 2.49. The summed E-state index contributed by atoms with van der Waals surface area (Å²) in [6.07, 6.45) is 11.6. The summed E-state index contributed by atoms with van der Waals surface area (Å²) in [5.74, 6) is 1.36. The van der Waals surface area contributed by atoms with Crippen molar-refractivity contribution >= 4 is 11.6 Å². The van der Waals surface area contributed by atoms with Gasteiger partial charge in [0.15, 0.2) is 0 Å². The van der Waals surface area contributed by atoms with Crippen LogP contribution in [-0.4, -0.2) is 0 Å². The van der Waals surface area contributed by atoms with Crippen LogP contribution in [0.1, 0.15) is 74.3 Å². The van der Waals surface area contributed by atoms with Crippen LogP contribution in [0.15, 0.2) is 72.4 Å². The summed E-state index contributed by atoms with van der Waals surface area (Å²) in [6, 6.07) is 13.6. The lowest BCUT2D eigenvalue weighted by Crippen LogP contribution is -2.06. The summed E-state index contributed by atoms with van der Waals surface area (Å²) < 4.78 is 0. The predicted molar refractivity (Wildman–Crippen MR) is 140 cm³/mol. The van der Waals surface area contributed by atoms with E-state index >= 15 is 0 Å². The van der Waals surface area contributed by atoms with Crippen LogP contribution in [0.3, 0.4) is 0 Å². The fraction of sp³-hybridized carbons (Fsp3) is 0.419. The molecule has 0 nitrogen and oxygen atoms in total. The Morgan fingerprint density at radius 3 is 2.53 bits per heavy atom. The molecule has 168 valence electrons. The van der Waals surface area contributed by atoms with Gasteiger partial charge in [0.2, 0.25) is 0 Å². The Balaban J connectivity index is 1.48. The zero-order chi connectivity index (χ0) is 23.0. The molecule has 4 rings (SSSR count). The van der Waals surface area contributed by atoms with Crippen LogP contribution in [0, 0.1) is 18.8 Å². The van der Waals surface area contributed by atoms with Crippen LogP contribution < -0.4 is 0 Å². The van der Waals surface area contributed by atoms with E-state index in [-0.39, 0.29) is 5.92 Å². The number of allylic oxidation sites excluding steroid dienone is 5. The second kappa shape index (κ2) is 9.06. The molecule has 0 bridgehead atoms. The second-order valence-corrected chi connectivity index (χ2v) is 11.3. The number of hydrogen-bond donors (Lipinski definition) is 0. The van der Waals surface area contributed by atoms with Crippen LogP contribution in [0.25, 0.3) is 0 Å². The van der Waals surface area contributed by atoms with Crippen LogP contribution >= 0.6 is 11.6 Å². The van der Waals surface area contributed by atoms with Gasteiger partial charge in [-0.3, -0.25) is 0 Å². The molecule has 2 aromatic carbocycles. The lowest BCUT2D eigenvalue weighted by Gasteiger charge is -2.18. The Morgan fingerprint density at radius 1 is 1.09 bits per heavy atom. The SMILES string of the molecule is C=C(C1=CC(c2cc(Cl)cc(C3(C)CC3)c2)C=C1)C(C)Cc1cc(CC(C)C)ccc1C. The standard InChI is InChI=1S/C31H37Cl/c1-20(2)13-24-8-7-21(3)27(15-24)14-22(4)23(5)25-9-10-26(16-25)28-17-29(19-30(32)18-28)31(6)11-12-31/h7-10,15-20,22,26H,5,11-14H2,1-4,6H3. The first-order chi connectivity index (χ1) is 15.1. The highest BCUT2D eigenvalue weighted by atomic mass is 35.5. The Labute approximate surface area is 200 Å². The summed E-state index contributed by atoms with van der Waals surface area (Å²) in [5, 5.41) is 0.852. The highest BCUT2D eigenvalue weighted by Gasteiger charge is 2.39. The molecule has 0 N–H and O–H groups in total. The van der Waals surface area contributed by atoms with Gasteiger partial charge < -0.3 is 0 Å². The molecule has 2 aliphatic rings. The monoisotopic (exact) mass is 444 g/mol. The first-order valence-corrected chi connectivity index (χ1v) is 12.5. The number of hydrogen-bond acceptors (Lipinski definition) is 0. The van der Waals surface area contributed by atoms with Crippen molar-refractivity contribution in [3.8, 4) is 0 Å². The van der Waals surface area contributed by atoms with E-state index in [2.05, 4.69) is 95.8 Å². The zero-order valence-corrected chi connectivity index (χ0v) is 21.1. The predicted octanol–water partition coefficient (Wildman–Crippen LogP) is 8.91. The van der Waals surface area contributed by atoms with Gasteiger partial charge in [0, 0.05) is 10.9 Å². The molecule has 0 spiro atoms. The van der Waals surface area contributed by atoms with Crippen molar-refractivity contribution in [2.24, 2.45) is 11.8 Å². The first kappa shape index (κ1) is 23.1. The fourth-order valence-electron chi connectivity index (χ4n) is 4.84. The van der Waals surface area contributed by atoms with Gasteiger partial charge in [-0.15, -0.1) is 0 Å². The van der Waals surface area contributed by atoms with Crippen LogP contribution in [0.2, 0.25) is 5.02 Å². The highest BCUT2D eigenvalue weighted by molar-refractivity contribution is 6.30. The van der Waals surface area contributed by atoms with Crippen LogP contribution in [0.4, 0.5) is 0 Å². The van der Waals surface area contributed by atoms with E-state index in [1.165, 1.54) is 51.8 Å². The molecule has 0 aromatic heterocycles. The average molecular weight is 445 g/mol. The third-order valence-corrected chi connectivity index (χ3v) is 7.61. The third-order valence-electron chi connectivity index (χ3n) is 7.39. The molecule has 1 saturated carbocycles. The van der Waals surface area contributed by atoms with Crippen molar-refractivity contribution in [3.05, 3.63) is 105 Å². The Bertz CT molecular complexity index is 1080. The van der Waals surface area contributed by atoms with Gasteiger partial charge in [0.25, 0.3) is 0 Å². The largest absolute Gasteiger partial charge is 0.0950 e. The Kier molecular flexibility index (Phi) is 6.55. The molecule has 1 heteroatoms. The smallest absolute Gasteiger partial charge is 0.0412 e. The summed E-state index contributed by atoms with van der Waals surface area (Å²) >= 11 is 6.50. The van der Waals surface area contributed by atoms with Crippen molar-refractivity contribution in [1.29, 1.82) is 0 Å². The van der Waals surface area contributed by atoms with Crippen molar-refractivity contribution < 1.29 is 0 Å². The van der Waals surface area contributed by atoms with Gasteiger partial charge in [0.05, 0.1) is 0 Å². The van der Waals surface area contributed by atoms with E-state index in [1.807, 2.05) is 0 Å². The van der Waals surface area contributed by atoms with Gasteiger partial charge in [-0.25, -0.2) is 0 Å². The number of benzene rings is 2.